The average molecular weight is 384 g/mol. The zero-order chi connectivity index (χ0) is 19.0. The molecule has 0 aliphatic carbocycles. The molecular weight excluding hydrogens is 356 g/mol. The van der Waals surface area contributed by atoms with Gasteiger partial charge >= 0.3 is 5.97 Å². The van der Waals surface area contributed by atoms with Gasteiger partial charge in [0.05, 0.1) is 32.7 Å². The summed E-state index contributed by atoms with van der Waals surface area (Å²) in [5, 5.41) is 9.47. The molecule has 0 radical (unpaired) electrons. The Balaban J connectivity index is 1.93. The van der Waals surface area contributed by atoms with E-state index in [2.05, 4.69) is 28.0 Å². The van der Waals surface area contributed by atoms with E-state index in [1.165, 1.54) is 0 Å². The molecule has 0 amide bonds. The highest BCUT2D eigenvalue weighted by Gasteiger charge is 2.47. The first kappa shape index (κ1) is 20.6. The van der Waals surface area contributed by atoms with Crippen LogP contribution in [0.2, 0.25) is 0 Å². The third-order valence-electron chi connectivity index (χ3n) is 4.72. The fourth-order valence-electron chi connectivity index (χ4n) is 3.40. The predicted molar refractivity (Wildman–Crippen MR) is 103 cm³/mol. The zero-order valence-corrected chi connectivity index (χ0v) is 15.9. The summed E-state index contributed by atoms with van der Waals surface area (Å²) in [5.74, 6) is 1.26. The Morgan fingerprint density at radius 3 is 2.81 bits per heavy atom. The number of quaternary nitrogens is 1. The smallest absolute Gasteiger partial charge is 0.382 e. The van der Waals surface area contributed by atoms with Crippen molar-refractivity contribution in [1.29, 1.82) is 0 Å². The molecule has 2 heterocycles. The Morgan fingerprint density at radius 2 is 2.12 bits per heavy atom. The topological polar surface area (TPSA) is 74.5 Å². The maximum Gasteiger partial charge on any atom is 0.382 e. The second kappa shape index (κ2) is 9.85. The number of aliphatic imine (C=N–C) groups is 2. The molecule has 0 aromatic rings. The van der Waals surface area contributed by atoms with Crippen molar-refractivity contribution in [2.24, 2.45) is 9.98 Å². The van der Waals surface area contributed by atoms with Gasteiger partial charge in [0.2, 0.25) is 5.84 Å². The number of alkyl halides is 1. The van der Waals surface area contributed by atoms with E-state index in [-0.39, 0.29) is 17.7 Å². The standard InChI is InChI=1S/C18H28ClN4O3/c1-3-5-15-20-7-9-22(15)10-14-26-18(25)17(19)23(12-13-24)11-8-21-16(23)6-4-2/h3-4,17,24H,1-2,5-14H2/q+1. The van der Waals surface area contributed by atoms with Gasteiger partial charge in [0.15, 0.2) is 0 Å². The first-order valence-corrected chi connectivity index (χ1v) is 9.35. The number of amidine groups is 2. The van der Waals surface area contributed by atoms with Crippen LogP contribution < -0.4 is 0 Å². The Bertz CT molecular complexity index is 593. The van der Waals surface area contributed by atoms with E-state index in [4.69, 9.17) is 16.3 Å². The van der Waals surface area contributed by atoms with E-state index < -0.39 is 11.5 Å². The SMILES string of the molecule is C=CCC1=NCCN1CCOC(=O)C(Cl)[N+]1(CCO)CCN=C1CC=C. The predicted octanol–water partition coefficient (Wildman–Crippen LogP) is 1.18. The first-order chi connectivity index (χ1) is 12.6. The van der Waals surface area contributed by atoms with Crippen LogP contribution in [0.5, 0.6) is 0 Å². The highest BCUT2D eigenvalue weighted by molar-refractivity contribution is 6.29. The molecule has 26 heavy (non-hydrogen) atoms. The highest BCUT2D eigenvalue weighted by Crippen LogP contribution is 2.26. The minimum Gasteiger partial charge on any atom is -0.458 e. The van der Waals surface area contributed by atoms with Gasteiger partial charge in [-0.25, -0.2) is 9.79 Å². The minimum atomic E-state index is -0.928. The monoisotopic (exact) mass is 383 g/mol. The number of esters is 1. The van der Waals surface area contributed by atoms with Crippen molar-refractivity contribution in [2.45, 2.75) is 18.3 Å². The summed E-state index contributed by atoms with van der Waals surface area (Å²) < 4.78 is 5.57. The molecular formula is C18H28ClN4O3+. The summed E-state index contributed by atoms with van der Waals surface area (Å²) >= 11 is 6.50. The summed E-state index contributed by atoms with van der Waals surface area (Å²) in [6, 6.07) is 0. The van der Waals surface area contributed by atoms with Crippen LogP contribution in [0.4, 0.5) is 0 Å². The van der Waals surface area contributed by atoms with Crippen molar-refractivity contribution in [1.82, 2.24) is 4.90 Å². The summed E-state index contributed by atoms with van der Waals surface area (Å²) in [5.41, 5.74) is -0.928. The number of aliphatic hydroxyl groups is 1. The van der Waals surface area contributed by atoms with Gasteiger partial charge in [-0.1, -0.05) is 12.2 Å². The maximum atomic E-state index is 12.5. The summed E-state index contributed by atoms with van der Waals surface area (Å²) in [7, 11) is 0. The minimum absolute atomic E-state index is 0.0815. The Labute approximate surface area is 159 Å². The number of aliphatic hydroxyl groups excluding tert-OH is 1. The summed E-state index contributed by atoms with van der Waals surface area (Å²) in [4.78, 5) is 23.5. The normalized spacial score (nSPS) is 23.4. The van der Waals surface area contributed by atoms with Gasteiger partial charge in [-0.3, -0.25) is 9.48 Å². The lowest BCUT2D eigenvalue weighted by Crippen LogP contribution is -2.60. The third-order valence-corrected chi connectivity index (χ3v) is 5.28. The van der Waals surface area contributed by atoms with Crippen LogP contribution in [0, 0.1) is 0 Å². The van der Waals surface area contributed by atoms with Gasteiger partial charge < -0.3 is 14.7 Å². The van der Waals surface area contributed by atoms with Crippen LogP contribution >= 0.6 is 11.6 Å². The van der Waals surface area contributed by atoms with Gasteiger partial charge in [-0.05, 0) is 11.6 Å². The van der Waals surface area contributed by atoms with Crippen LogP contribution in [-0.2, 0) is 9.53 Å². The molecule has 0 bridgehead atoms. The van der Waals surface area contributed by atoms with Crippen molar-refractivity contribution in [2.75, 3.05) is 52.5 Å². The molecule has 2 rings (SSSR count). The molecule has 2 atom stereocenters. The van der Waals surface area contributed by atoms with E-state index >= 15 is 0 Å². The quantitative estimate of drug-likeness (QED) is 0.191. The molecule has 144 valence electrons. The second-order valence-electron chi connectivity index (χ2n) is 6.28. The number of ether oxygens (including phenoxy) is 1. The van der Waals surface area contributed by atoms with Crippen LogP contribution in [0.15, 0.2) is 35.3 Å². The van der Waals surface area contributed by atoms with Crippen molar-refractivity contribution in [3.63, 3.8) is 0 Å². The Kier molecular flexibility index (Phi) is 7.81. The van der Waals surface area contributed by atoms with E-state index in [9.17, 15) is 9.90 Å². The zero-order valence-electron chi connectivity index (χ0n) is 15.1. The van der Waals surface area contributed by atoms with Gasteiger partial charge in [-0.2, -0.15) is 0 Å². The summed E-state index contributed by atoms with van der Waals surface area (Å²) in [6.45, 7) is 11.3. The lowest BCUT2D eigenvalue weighted by molar-refractivity contribution is -0.840. The third kappa shape index (κ3) is 4.52. The molecule has 0 spiro atoms. The van der Waals surface area contributed by atoms with Gasteiger partial charge in [0, 0.05) is 13.0 Å². The lowest BCUT2D eigenvalue weighted by Gasteiger charge is -2.36. The van der Waals surface area contributed by atoms with Gasteiger partial charge in [0.25, 0.3) is 5.50 Å². The first-order valence-electron chi connectivity index (χ1n) is 8.91. The summed E-state index contributed by atoms with van der Waals surface area (Å²) in [6.07, 6.45) is 4.79. The molecule has 2 aliphatic heterocycles. The molecule has 8 heteroatoms. The molecule has 2 unspecified atom stereocenters. The number of hydrogen-bond acceptors (Lipinski definition) is 6. The second-order valence-corrected chi connectivity index (χ2v) is 6.69. The van der Waals surface area contributed by atoms with Crippen LogP contribution in [-0.4, -0.2) is 90.1 Å². The fraction of sp³-hybridized carbons (Fsp3) is 0.611. The molecule has 0 saturated carbocycles. The van der Waals surface area contributed by atoms with Crippen molar-refractivity contribution in [3.05, 3.63) is 25.3 Å². The van der Waals surface area contributed by atoms with Gasteiger partial charge in [0.1, 0.15) is 25.5 Å². The van der Waals surface area contributed by atoms with E-state index in [0.29, 0.717) is 39.0 Å². The average Bonchev–Trinajstić information content (AvgIpc) is 3.23. The fourth-order valence-corrected chi connectivity index (χ4v) is 3.77. The lowest BCUT2D eigenvalue weighted by atomic mass is 10.2. The van der Waals surface area contributed by atoms with Crippen LogP contribution in [0.3, 0.4) is 0 Å². The van der Waals surface area contributed by atoms with E-state index in [0.717, 1.165) is 24.8 Å². The maximum absolute atomic E-state index is 12.5. The Hall–Kier alpha value is -1.70. The van der Waals surface area contributed by atoms with Crippen molar-refractivity contribution in [3.8, 4) is 0 Å². The van der Waals surface area contributed by atoms with Crippen LogP contribution in [0.1, 0.15) is 12.8 Å². The largest absolute Gasteiger partial charge is 0.458 e. The molecule has 0 aromatic heterocycles. The molecule has 0 aromatic carbocycles. The molecule has 2 aliphatic rings. The van der Waals surface area contributed by atoms with E-state index in [1.807, 2.05) is 6.08 Å². The van der Waals surface area contributed by atoms with Gasteiger partial charge in [-0.15, -0.1) is 13.2 Å². The number of rotatable bonds is 11. The molecule has 0 saturated heterocycles. The molecule has 1 N–H and O–H groups in total. The van der Waals surface area contributed by atoms with Crippen LogP contribution in [0.25, 0.3) is 0 Å². The van der Waals surface area contributed by atoms with Crippen molar-refractivity contribution >= 4 is 29.2 Å². The number of hydrogen-bond donors (Lipinski definition) is 1. The molecule has 7 nitrogen and oxygen atoms in total. The number of carbonyl (C=O) groups excluding carboxylic acids is 1. The number of carbonyl (C=O) groups is 1. The number of halogens is 1. The van der Waals surface area contributed by atoms with Crippen molar-refractivity contribution < 1.29 is 19.1 Å². The Morgan fingerprint density at radius 1 is 1.35 bits per heavy atom. The number of nitrogens with zero attached hydrogens (tertiary/aromatic N) is 4. The molecule has 0 fully saturated rings. The van der Waals surface area contributed by atoms with E-state index in [1.54, 1.807) is 6.08 Å². The highest BCUT2D eigenvalue weighted by atomic mass is 35.5.